The number of aliphatic hydroxyl groups is 1. The lowest BCUT2D eigenvalue weighted by molar-refractivity contribution is 0.184. The number of rotatable bonds is 2. The molecule has 0 amide bonds. The van der Waals surface area contributed by atoms with Gasteiger partial charge in [0.1, 0.15) is 6.10 Å². The number of benzene rings is 1. The fourth-order valence-electron chi connectivity index (χ4n) is 1.15. The number of nitrogens with zero attached hydrogens (tertiary/aromatic N) is 2. The van der Waals surface area contributed by atoms with Gasteiger partial charge in [0.2, 0.25) is 0 Å². The second-order valence-corrected chi connectivity index (χ2v) is 4.52. The van der Waals surface area contributed by atoms with E-state index in [2.05, 4.69) is 26.1 Å². The van der Waals surface area contributed by atoms with Crippen LogP contribution in [0.5, 0.6) is 0 Å². The standard InChI is InChI=1S/C10H8BrClN2O2/c1-5(15)9-13-10(16-14-9)6-2-3-8(12)7(11)4-6/h2-5,15H,1H3. The Kier molecular flexibility index (Phi) is 3.28. The van der Waals surface area contributed by atoms with Crippen LogP contribution < -0.4 is 0 Å². The van der Waals surface area contributed by atoms with Gasteiger partial charge in [-0.25, -0.2) is 0 Å². The summed E-state index contributed by atoms with van der Waals surface area (Å²) in [6, 6.07) is 5.28. The minimum Gasteiger partial charge on any atom is -0.385 e. The third kappa shape index (κ3) is 2.26. The van der Waals surface area contributed by atoms with Crippen LogP contribution in [0.15, 0.2) is 27.2 Å². The second-order valence-electron chi connectivity index (χ2n) is 3.26. The van der Waals surface area contributed by atoms with Crippen molar-refractivity contribution in [1.82, 2.24) is 10.1 Å². The molecular formula is C10H8BrClN2O2. The molecule has 16 heavy (non-hydrogen) atoms. The molecule has 4 nitrogen and oxygen atoms in total. The van der Waals surface area contributed by atoms with Gasteiger partial charge in [-0.05, 0) is 41.1 Å². The average Bonchev–Trinajstić information content (AvgIpc) is 2.71. The molecule has 84 valence electrons. The predicted molar refractivity (Wildman–Crippen MR) is 63.1 cm³/mol. The largest absolute Gasteiger partial charge is 0.385 e. The summed E-state index contributed by atoms with van der Waals surface area (Å²) < 4.78 is 5.78. The fraction of sp³-hybridized carbons (Fsp3) is 0.200. The summed E-state index contributed by atoms with van der Waals surface area (Å²) in [4.78, 5) is 4.06. The molecular weight excluding hydrogens is 295 g/mol. The Hall–Kier alpha value is -0.910. The Balaban J connectivity index is 2.39. The highest BCUT2D eigenvalue weighted by Crippen LogP contribution is 2.28. The first kappa shape index (κ1) is 11.6. The lowest BCUT2D eigenvalue weighted by atomic mass is 10.2. The van der Waals surface area contributed by atoms with Gasteiger partial charge in [-0.15, -0.1) is 0 Å². The van der Waals surface area contributed by atoms with E-state index in [-0.39, 0.29) is 5.82 Å². The van der Waals surface area contributed by atoms with Gasteiger partial charge in [0.15, 0.2) is 5.82 Å². The van der Waals surface area contributed by atoms with E-state index in [1.807, 2.05) is 0 Å². The first-order valence-electron chi connectivity index (χ1n) is 4.55. The van der Waals surface area contributed by atoms with E-state index in [0.717, 1.165) is 10.0 Å². The third-order valence-corrected chi connectivity index (χ3v) is 3.20. The summed E-state index contributed by atoms with van der Waals surface area (Å²) in [7, 11) is 0. The van der Waals surface area contributed by atoms with E-state index >= 15 is 0 Å². The molecule has 0 bridgehead atoms. The van der Waals surface area contributed by atoms with E-state index in [9.17, 15) is 5.11 Å². The molecule has 6 heteroatoms. The minimum atomic E-state index is -0.742. The highest BCUT2D eigenvalue weighted by molar-refractivity contribution is 9.10. The van der Waals surface area contributed by atoms with E-state index in [1.165, 1.54) is 0 Å². The van der Waals surface area contributed by atoms with Gasteiger partial charge in [0.25, 0.3) is 5.89 Å². The molecule has 1 aromatic carbocycles. The van der Waals surface area contributed by atoms with E-state index in [1.54, 1.807) is 25.1 Å². The molecule has 1 N–H and O–H groups in total. The molecule has 1 aromatic heterocycles. The fourth-order valence-corrected chi connectivity index (χ4v) is 1.65. The number of hydrogen-bond acceptors (Lipinski definition) is 4. The molecule has 0 saturated carbocycles. The van der Waals surface area contributed by atoms with Gasteiger partial charge in [-0.1, -0.05) is 16.8 Å². The van der Waals surface area contributed by atoms with Crippen LogP contribution in [0, 0.1) is 0 Å². The smallest absolute Gasteiger partial charge is 0.258 e. The van der Waals surface area contributed by atoms with Gasteiger partial charge < -0.3 is 9.63 Å². The Bertz CT molecular complexity index is 513. The third-order valence-electron chi connectivity index (χ3n) is 1.98. The zero-order chi connectivity index (χ0) is 11.7. The second kappa shape index (κ2) is 4.53. The van der Waals surface area contributed by atoms with Crippen LogP contribution in [0.25, 0.3) is 11.5 Å². The molecule has 0 spiro atoms. The molecule has 0 fully saturated rings. The minimum absolute atomic E-state index is 0.265. The highest BCUT2D eigenvalue weighted by atomic mass is 79.9. The zero-order valence-corrected chi connectivity index (χ0v) is 10.7. The van der Waals surface area contributed by atoms with Crippen molar-refractivity contribution in [2.75, 3.05) is 0 Å². The Morgan fingerprint density at radius 1 is 1.50 bits per heavy atom. The summed E-state index contributed by atoms with van der Waals surface area (Å²) in [6.07, 6.45) is -0.742. The molecule has 0 saturated heterocycles. The Morgan fingerprint density at radius 2 is 2.25 bits per heavy atom. The van der Waals surface area contributed by atoms with Crippen LogP contribution in [0.2, 0.25) is 5.02 Å². The normalized spacial score (nSPS) is 12.8. The van der Waals surface area contributed by atoms with Crippen LogP contribution in [0.3, 0.4) is 0 Å². The SMILES string of the molecule is CC(O)c1noc(-c2ccc(Cl)c(Br)c2)n1. The molecule has 1 unspecified atom stereocenters. The summed E-state index contributed by atoms with van der Waals surface area (Å²) in [5.74, 6) is 0.620. The quantitative estimate of drug-likeness (QED) is 0.925. The van der Waals surface area contributed by atoms with Crippen molar-refractivity contribution in [3.05, 3.63) is 33.5 Å². The molecule has 0 aliphatic heterocycles. The molecule has 0 aliphatic carbocycles. The highest BCUT2D eigenvalue weighted by Gasteiger charge is 2.13. The topological polar surface area (TPSA) is 59.2 Å². The van der Waals surface area contributed by atoms with Crippen LogP contribution in [0.1, 0.15) is 18.9 Å². The van der Waals surface area contributed by atoms with Gasteiger partial charge >= 0.3 is 0 Å². The van der Waals surface area contributed by atoms with E-state index in [4.69, 9.17) is 16.1 Å². The summed E-state index contributed by atoms with van der Waals surface area (Å²) in [5, 5.41) is 13.5. The Labute approximate surface area is 105 Å². The van der Waals surface area contributed by atoms with E-state index < -0.39 is 6.10 Å². The van der Waals surface area contributed by atoms with Gasteiger partial charge in [0, 0.05) is 10.0 Å². The number of aromatic nitrogens is 2. The van der Waals surface area contributed by atoms with Crippen molar-refractivity contribution in [3.63, 3.8) is 0 Å². The maximum atomic E-state index is 9.27. The lowest BCUT2D eigenvalue weighted by Gasteiger charge is -1.97. The van der Waals surface area contributed by atoms with Crippen molar-refractivity contribution >= 4 is 27.5 Å². The van der Waals surface area contributed by atoms with Crippen molar-refractivity contribution < 1.29 is 9.63 Å². The molecule has 1 heterocycles. The van der Waals surface area contributed by atoms with Crippen LogP contribution in [-0.4, -0.2) is 15.2 Å². The first-order valence-corrected chi connectivity index (χ1v) is 5.72. The van der Waals surface area contributed by atoms with Crippen molar-refractivity contribution in [1.29, 1.82) is 0 Å². The number of hydrogen-bond donors (Lipinski definition) is 1. The number of halogens is 2. The predicted octanol–water partition coefficient (Wildman–Crippen LogP) is 3.21. The molecule has 2 aromatic rings. The maximum absolute atomic E-state index is 9.27. The van der Waals surface area contributed by atoms with Gasteiger partial charge in [-0.2, -0.15) is 4.98 Å². The summed E-state index contributed by atoms with van der Waals surface area (Å²) in [6.45, 7) is 1.58. The molecule has 0 radical (unpaired) electrons. The first-order chi connectivity index (χ1) is 7.58. The van der Waals surface area contributed by atoms with Crippen molar-refractivity contribution in [3.8, 4) is 11.5 Å². The van der Waals surface area contributed by atoms with Crippen molar-refractivity contribution in [2.24, 2.45) is 0 Å². The van der Waals surface area contributed by atoms with Gasteiger partial charge in [0.05, 0.1) is 5.02 Å². The average molecular weight is 304 g/mol. The Morgan fingerprint density at radius 3 is 2.81 bits per heavy atom. The molecule has 2 rings (SSSR count). The maximum Gasteiger partial charge on any atom is 0.258 e. The van der Waals surface area contributed by atoms with Crippen LogP contribution in [0.4, 0.5) is 0 Å². The molecule has 0 aliphatic rings. The molecule has 1 atom stereocenters. The lowest BCUT2D eigenvalue weighted by Crippen LogP contribution is -1.92. The number of aliphatic hydroxyl groups excluding tert-OH is 1. The zero-order valence-electron chi connectivity index (χ0n) is 8.32. The summed E-state index contributed by atoms with van der Waals surface area (Å²) in [5.41, 5.74) is 0.746. The monoisotopic (exact) mass is 302 g/mol. The van der Waals surface area contributed by atoms with Crippen LogP contribution >= 0.6 is 27.5 Å². The van der Waals surface area contributed by atoms with Crippen LogP contribution in [-0.2, 0) is 0 Å². The van der Waals surface area contributed by atoms with E-state index in [0.29, 0.717) is 10.9 Å². The van der Waals surface area contributed by atoms with Crippen molar-refractivity contribution in [2.45, 2.75) is 13.0 Å². The summed E-state index contributed by atoms with van der Waals surface area (Å²) >= 11 is 9.18. The van der Waals surface area contributed by atoms with Gasteiger partial charge in [-0.3, -0.25) is 0 Å².